The van der Waals surface area contributed by atoms with E-state index in [-0.39, 0.29) is 17.2 Å². The average molecular weight is 464 g/mol. The number of aromatic nitrogens is 1. The largest absolute Gasteiger partial charge is 0.467 e. The molecule has 0 radical (unpaired) electrons. The van der Waals surface area contributed by atoms with Crippen LogP contribution in [0.2, 0.25) is 0 Å². The molecule has 8 nitrogen and oxygen atoms in total. The summed E-state index contributed by atoms with van der Waals surface area (Å²) in [6.07, 6.45) is 3.07. The number of thiocarbonyl (C=S) groups is 1. The van der Waals surface area contributed by atoms with Gasteiger partial charge in [0.05, 0.1) is 25.5 Å². The van der Waals surface area contributed by atoms with E-state index < -0.39 is 17.8 Å². The summed E-state index contributed by atoms with van der Waals surface area (Å²) in [6.45, 7) is 3.93. The molecule has 1 aliphatic heterocycles. The predicted molar refractivity (Wildman–Crippen MR) is 125 cm³/mol. The summed E-state index contributed by atoms with van der Waals surface area (Å²) in [5, 5.41) is 2.61. The van der Waals surface area contributed by atoms with E-state index in [1.54, 1.807) is 30.3 Å². The number of methoxy groups -OCH3 is 1. The van der Waals surface area contributed by atoms with Crippen molar-refractivity contribution in [2.45, 2.75) is 20.4 Å². The van der Waals surface area contributed by atoms with Crippen molar-refractivity contribution in [2.24, 2.45) is 0 Å². The Hall–Kier alpha value is -3.98. The highest BCUT2D eigenvalue weighted by atomic mass is 32.1. The Morgan fingerprint density at radius 2 is 1.91 bits per heavy atom. The third kappa shape index (κ3) is 4.22. The first-order valence-electron chi connectivity index (χ1n) is 10.1. The Bertz CT molecular complexity index is 1290. The molecule has 0 spiro atoms. The van der Waals surface area contributed by atoms with Crippen LogP contribution >= 0.6 is 12.2 Å². The van der Waals surface area contributed by atoms with Gasteiger partial charge in [-0.15, -0.1) is 0 Å². The summed E-state index contributed by atoms with van der Waals surface area (Å²) in [6, 6.07) is 12.3. The summed E-state index contributed by atoms with van der Waals surface area (Å²) < 4.78 is 12.0. The van der Waals surface area contributed by atoms with Gasteiger partial charge in [0.1, 0.15) is 11.3 Å². The fourth-order valence-corrected chi connectivity index (χ4v) is 3.99. The van der Waals surface area contributed by atoms with Crippen molar-refractivity contribution in [1.29, 1.82) is 0 Å². The molecule has 4 rings (SSSR count). The molecule has 1 saturated heterocycles. The highest BCUT2D eigenvalue weighted by Gasteiger charge is 2.34. The molecule has 3 aromatic rings. The van der Waals surface area contributed by atoms with E-state index in [4.69, 9.17) is 21.4 Å². The molecule has 0 saturated carbocycles. The van der Waals surface area contributed by atoms with E-state index in [1.807, 2.05) is 36.6 Å². The lowest BCUT2D eigenvalue weighted by Crippen LogP contribution is -2.53. The van der Waals surface area contributed by atoms with Crippen molar-refractivity contribution in [1.82, 2.24) is 14.8 Å². The molecule has 33 heavy (non-hydrogen) atoms. The lowest BCUT2D eigenvalue weighted by molar-refractivity contribution is -0.129. The van der Waals surface area contributed by atoms with Crippen LogP contribution in [0.3, 0.4) is 0 Å². The molecule has 168 valence electrons. The molecule has 9 heteroatoms. The van der Waals surface area contributed by atoms with Crippen molar-refractivity contribution in [3.8, 4) is 5.69 Å². The average Bonchev–Trinajstić information content (AvgIpc) is 3.41. The SMILES string of the molecule is COC(=O)c1ccc(-n2c(C)cc(C=C3C(=O)NC(=S)N(Cc4ccco4)C3=O)c2C)cc1. The second-order valence-corrected chi connectivity index (χ2v) is 7.87. The normalized spacial score (nSPS) is 15.2. The summed E-state index contributed by atoms with van der Waals surface area (Å²) in [4.78, 5) is 38.7. The second kappa shape index (κ2) is 8.87. The van der Waals surface area contributed by atoms with Crippen LogP contribution in [0.4, 0.5) is 0 Å². The molecule has 0 aliphatic carbocycles. The van der Waals surface area contributed by atoms with Crippen LogP contribution in [0.5, 0.6) is 0 Å². The Kier molecular flexibility index (Phi) is 5.97. The summed E-state index contributed by atoms with van der Waals surface area (Å²) in [7, 11) is 1.33. The number of hydrogen-bond donors (Lipinski definition) is 1. The minimum absolute atomic E-state index is 0.0172. The summed E-state index contributed by atoms with van der Waals surface area (Å²) in [5.41, 5.74) is 3.71. The number of benzene rings is 1. The highest BCUT2D eigenvalue weighted by Crippen LogP contribution is 2.25. The standard InChI is InChI=1S/C24H21N3O5S/c1-14-11-17(15(2)27(14)18-8-6-16(7-9-18)23(30)31-3)12-20-21(28)25-24(33)26(22(20)29)13-19-5-4-10-32-19/h4-12H,13H2,1-3H3,(H,25,28,33). The number of furan rings is 1. The van der Waals surface area contributed by atoms with Crippen molar-refractivity contribution in [3.63, 3.8) is 0 Å². The van der Waals surface area contributed by atoms with Crippen molar-refractivity contribution < 1.29 is 23.5 Å². The first-order valence-corrected chi connectivity index (χ1v) is 10.5. The van der Waals surface area contributed by atoms with Crippen LogP contribution in [0.15, 0.2) is 58.7 Å². The maximum atomic E-state index is 13.1. The number of rotatable bonds is 5. The monoisotopic (exact) mass is 463 g/mol. The van der Waals surface area contributed by atoms with E-state index >= 15 is 0 Å². The summed E-state index contributed by atoms with van der Waals surface area (Å²) >= 11 is 5.19. The maximum absolute atomic E-state index is 13.1. The number of nitrogens with one attached hydrogen (secondary N) is 1. The zero-order valence-corrected chi connectivity index (χ0v) is 19.1. The molecule has 3 heterocycles. The predicted octanol–water partition coefficient (Wildman–Crippen LogP) is 3.30. The number of ether oxygens (including phenoxy) is 1. The first kappa shape index (κ1) is 22.2. The molecule has 2 aromatic heterocycles. The zero-order chi connectivity index (χ0) is 23.7. The van der Waals surface area contributed by atoms with Gasteiger partial charge in [-0.05, 0) is 80.2 Å². The third-order valence-electron chi connectivity index (χ3n) is 5.40. The van der Waals surface area contributed by atoms with Gasteiger partial charge in [0, 0.05) is 17.1 Å². The molecule has 1 N–H and O–H groups in total. The molecule has 1 aliphatic rings. The molecule has 2 amide bonds. The maximum Gasteiger partial charge on any atom is 0.337 e. The van der Waals surface area contributed by atoms with E-state index in [2.05, 4.69) is 5.32 Å². The molecular formula is C24H21N3O5S. The van der Waals surface area contributed by atoms with E-state index in [1.165, 1.54) is 18.3 Å². The van der Waals surface area contributed by atoms with Crippen LogP contribution in [0.25, 0.3) is 11.8 Å². The third-order valence-corrected chi connectivity index (χ3v) is 5.72. The van der Waals surface area contributed by atoms with Gasteiger partial charge in [-0.1, -0.05) is 0 Å². The van der Waals surface area contributed by atoms with Gasteiger partial charge < -0.3 is 13.7 Å². The van der Waals surface area contributed by atoms with E-state index in [0.29, 0.717) is 16.9 Å². The smallest absolute Gasteiger partial charge is 0.337 e. The van der Waals surface area contributed by atoms with E-state index in [9.17, 15) is 14.4 Å². The Balaban J connectivity index is 1.67. The van der Waals surface area contributed by atoms with E-state index in [0.717, 1.165) is 17.1 Å². The molecule has 0 atom stereocenters. The number of carbonyl (C=O) groups excluding carboxylic acids is 3. The van der Waals surface area contributed by atoms with Crippen molar-refractivity contribution >= 4 is 41.2 Å². The quantitative estimate of drug-likeness (QED) is 0.270. The van der Waals surface area contributed by atoms with Gasteiger partial charge in [-0.3, -0.25) is 19.8 Å². The number of nitrogens with zero attached hydrogens (tertiary/aromatic N) is 2. The number of carbonyl (C=O) groups is 3. The van der Waals surface area contributed by atoms with Crippen LogP contribution < -0.4 is 5.32 Å². The number of amides is 2. The lowest BCUT2D eigenvalue weighted by atomic mass is 10.1. The molecule has 0 bridgehead atoms. The Labute approximate surface area is 195 Å². The van der Waals surface area contributed by atoms with Gasteiger partial charge >= 0.3 is 5.97 Å². The minimum Gasteiger partial charge on any atom is -0.467 e. The second-order valence-electron chi connectivity index (χ2n) is 7.49. The Morgan fingerprint density at radius 3 is 2.55 bits per heavy atom. The topological polar surface area (TPSA) is 93.8 Å². The lowest BCUT2D eigenvalue weighted by Gasteiger charge is -2.28. The van der Waals surface area contributed by atoms with Crippen LogP contribution in [0, 0.1) is 13.8 Å². The Morgan fingerprint density at radius 1 is 1.18 bits per heavy atom. The van der Waals surface area contributed by atoms with Gasteiger partial charge in [-0.25, -0.2) is 4.79 Å². The first-order chi connectivity index (χ1) is 15.8. The number of hydrogen-bond acceptors (Lipinski definition) is 6. The van der Waals surface area contributed by atoms with Gasteiger partial charge in [-0.2, -0.15) is 0 Å². The number of esters is 1. The molecule has 1 fully saturated rings. The van der Waals surface area contributed by atoms with Crippen LogP contribution in [-0.4, -0.2) is 39.5 Å². The fourth-order valence-electron chi connectivity index (χ4n) is 3.75. The molecule has 1 aromatic carbocycles. The van der Waals surface area contributed by atoms with Gasteiger partial charge in [0.15, 0.2) is 5.11 Å². The van der Waals surface area contributed by atoms with Gasteiger partial charge in [0.2, 0.25) is 0 Å². The van der Waals surface area contributed by atoms with Gasteiger partial charge in [0.25, 0.3) is 11.8 Å². The number of aryl methyl sites for hydroxylation is 1. The zero-order valence-electron chi connectivity index (χ0n) is 18.2. The minimum atomic E-state index is -0.548. The molecular weight excluding hydrogens is 442 g/mol. The van der Waals surface area contributed by atoms with Crippen LogP contribution in [-0.2, 0) is 20.9 Å². The molecule has 0 unspecified atom stereocenters. The summed E-state index contributed by atoms with van der Waals surface area (Å²) in [5.74, 6) is -0.901. The highest BCUT2D eigenvalue weighted by molar-refractivity contribution is 7.80. The van der Waals surface area contributed by atoms with Crippen molar-refractivity contribution in [3.05, 3.63) is 82.6 Å². The van der Waals surface area contributed by atoms with Crippen molar-refractivity contribution in [2.75, 3.05) is 7.11 Å². The fraction of sp³-hybridized carbons (Fsp3) is 0.167. The van der Waals surface area contributed by atoms with Crippen LogP contribution in [0.1, 0.15) is 33.1 Å².